The number of hydrogen-bond acceptors (Lipinski definition) is 3. The van der Waals surface area contributed by atoms with E-state index >= 15 is 0 Å². The van der Waals surface area contributed by atoms with E-state index in [1.54, 1.807) is 7.11 Å². The van der Waals surface area contributed by atoms with Gasteiger partial charge < -0.3 is 14.8 Å². The molecule has 1 aromatic rings. The van der Waals surface area contributed by atoms with Gasteiger partial charge in [-0.05, 0) is 31.4 Å². The smallest absolute Gasteiger partial charge is 0.0657 e. The van der Waals surface area contributed by atoms with Crippen LogP contribution in [0.25, 0.3) is 0 Å². The Morgan fingerprint density at radius 2 is 1.90 bits per heavy atom. The highest BCUT2D eigenvalue weighted by Crippen LogP contribution is 2.20. The molecule has 1 saturated carbocycles. The molecule has 2 rings (SSSR count). The van der Waals surface area contributed by atoms with Gasteiger partial charge in [0.05, 0.1) is 18.8 Å². The quantitative estimate of drug-likeness (QED) is 0.704. The first kappa shape index (κ1) is 16.5. The number of nitrogens with one attached hydrogen (secondary N) is 1. The van der Waals surface area contributed by atoms with Gasteiger partial charge in [0.2, 0.25) is 0 Å². The van der Waals surface area contributed by atoms with Crippen molar-refractivity contribution in [2.45, 2.75) is 50.7 Å². The zero-order chi connectivity index (χ0) is 14.8. The van der Waals surface area contributed by atoms with Crippen LogP contribution in [0, 0.1) is 0 Å². The van der Waals surface area contributed by atoms with E-state index < -0.39 is 0 Å². The number of benzene rings is 1. The van der Waals surface area contributed by atoms with E-state index in [-0.39, 0.29) is 6.04 Å². The maximum atomic E-state index is 5.96. The summed E-state index contributed by atoms with van der Waals surface area (Å²) in [5.74, 6) is 0. The maximum Gasteiger partial charge on any atom is 0.0657 e. The fraction of sp³-hybridized carbons (Fsp3) is 0.667. The Morgan fingerprint density at radius 3 is 2.62 bits per heavy atom. The zero-order valence-corrected chi connectivity index (χ0v) is 13.2. The first-order valence-corrected chi connectivity index (χ1v) is 8.29. The van der Waals surface area contributed by atoms with Crippen molar-refractivity contribution >= 4 is 0 Å². The Hall–Kier alpha value is -0.900. The van der Waals surface area contributed by atoms with Gasteiger partial charge in [-0.15, -0.1) is 0 Å². The summed E-state index contributed by atoms with van der Waals surface area (Å²) in [5.41, 5.74) is 1.28. The molecule has 0 aromatic heterocycles. The van der Waals surface area contributed by atoms with Crippen LogP contribution in [-0.2, 0) is 9.47 Å². The molecule has 0 heterocycles. The fourth-order valence-electron chi connectivity index (χ4n) is 2.96. The average molecular weight is 291 g/mol. The van der Waals surface area contributed by atoms with Crippen LogP contribution in [0.3, 0.4) is 0 Å². The largest absolute Gasteiger partial charge is 0.383 e. The molecule has 0 radical (unpaired) electrons. The van der Waals surface area contributed by atoms with Gasteiger partial charge in [0.15, 0.2) is 0 Å². The van der Waals surface area contributed by atoms with Crippen LogP contribution in [0.4, 0.5) is 0 Å². The SMILES string of the molecule is COCC(NCCCOC1CCCCC1)c1ccccc1. The topological polar surface area (TPSA) is 30.5 Å². The Labute approximate surface area is 129 Å². The first-order chi connectivity index (χ1) is 10.4. The Bertz CT molecular complexity index is 363. The molecule has 1 fully saturated rings. The normalized spacial score (nSPS) is 17.8. The number of ether oxygens (including phenoxy) is 2. The fourth-order valence-corrected chi connectivity index (χ4v) is 2.96. The maximum absolute atomic E-state index is 5.96. The Morgan fingerprint density at radius 1 is 1.14 bits per heavy atom. The number of rotatable bonds is 9. The molecule has 1 aliphatic rings. The van der Waals surface area contributed by atoms with Crippen LogP contribution in [-0.4, -0.2) is 33.0 Å². The van der Waals surface area contributed by atoms with Crippen LogP contribution in [0.5, 0.6) is 0 Å². The molecule has 118 valence electrons. The minimum atomic E-state index is 0.269. The predicted molar refractivity (Wildman–Crippen MR) is 86.5 cm³/mol. The summed E-state index contributed by atoms with van der Waals surface area (Å²) in [6.07, 6.45) is 8.15. The summed E-state index contributed by atoms with van der Waals surface area (Å²) in [6, 6.07) is 10.8. The van der Waals surface area contributed by atoms with Gasteiger partial charge in [0.1, 0.15) is 0 Å². The van der Waals surface area contributed by atoms with Crippen molar-refractivity contribution in [2.24, 2.45) is 0 Å². The van der Waals surface area contributed by atoms with E-state index in [1.807, 2.05) is 6.07 Å². The molecule has 1 unspecified atom stereocenters. The summed E-state index contributed by atoms with van der Waals surface area (Å²) in [4.78, 5) is 0. The highest BCUT2D eigenvalue weighted by atomic mass is 16.5. The highest BCUT2D eigenvalue weighted by Gasteiger charge is 2.13. The second kappa shape index (κ2) is 9.93. The molecule has 1 N–H and O–H groups in total. The molecule has 1 aromatic carbocycles. The van der Waals surface area contributed by atoms with E-state index in [1.165, 1.54) is 37.7 Å². The molecule has 3 heteroatoms. The van der Waals surface area contributed by atoms with Gasteiger partial charge >= 0.3 is 0 Å². The van der Waals surface area contributed by atoms with Crippen molar-refractivity contribution in [3.63, 3.8) is 0 Å². The van der Waals surface area contributed by atoms with Gasteiger partial charge in [0, 0.05) is 13.7 Å². The van der Waals surface area contributed by atoms with Crippen molar-refractivity contribution in [2.75, 3.05) is 26.9 Å². The monoisotopic (exact) mass is 291 g/mol. The average Bonchev–Trinajstić information content (AvgIpc) is 2.55. The second-order valence-electron chi connectivity index (χ2n) is 5.86. The molecular formula is C18H29NO2. The van der Waals surface area contributed by atoms with Gasteiger partial charge in [-0.2, -0.15) is 0 Å². The minimum Gasteiger partial charge on any atom is -0.383 e. The third kappa shape index (κ3) is 6.16. The lowest BCUT2D eigenvalue weighted by Crippen LogP contribution is -2.27. The first-order valence-electron chi connectivity index (χ1n) is 8.29. The highest BCUT2D eigenvalue weighted by molar-refractivity contribution is 5.18. The summed E-state index contributed by atoms with van der Waals surface area (Å²) in [5, 5.41) is 3.57. The molecule has 1 aliphatic carbocycles. The van der Waals surface area contributed by atoms with Crippen molar-refractivity contribution in [3.05, 3.63) is 35.9 Å². The third-order valence-electron chi connectivity index (χ3n) is 4.15. The third-order valence-corrected chi connectivity index (χ3v) is 4.15. The van der Waals surface area contributed by atoms with Crippen LogP contribution < -0.4 is 5.32 Å². The lowest BCUT2D eigenvalue weighted by Gasteiger charge is -2.22. The van der Waals surface area contributed by atoms with E-state index in [2.05, 4.69) is 29.6 Å². The van der Waals surface area contributed by atoms with E-state index in [9.17, 15) is 0 Å². The summed E-state index contributed by atoms with van der Waals surface area (Å²) < 4.78 is 11.3. The predicted octanol–water partition coefficient (Wildman–Crippen LogP) is 3.70. The Balaban J connectivity index is 1.63. The standard InChI is InChI=1S/C18H29NO2/c1-20-15-18(16-9-4-2-5-10-16)19-13-8-14-21-17-11-6-3-7-12-17/h2,4-5,9-10,17-19H,3,6-8,11-15H2,1H3. The number of methoxy groups -OCH3 is 1. The molecule has 0 saturated heterocycles. The molecule has 0 aliphatic heterocycles. The number of hydrogen-bond donors (Lipinski definition) is 1. The lowest BCUT2D eigenvalue weighted by atomic mass is 9.98. The molecule has 0 amide bonds. The molecule has 0 bridgehead atoms. The summed E-state index contributed by atoms with van der Waals surface area (Å²) in [6.45, 7) is 2.54. The minimum absolute atomic E-state index is 0.269. The van der Waals surface area contributed by atoms with E-state index in [4.69, 9.17) is 9.47 Å². The lowest BCUT2D eigenvalue weighted by molar-refractivity contribution is 0.0267. The zero-order valence-electron chi connectivity index (χ0n) is 13.2. The van der Waals surface area contributed by atoms with Crippen LogP contribution in [0.15, 0.2) is 30.3 Å². The van der Waals surface area contributed by atoms with Crippen molar-refractivity contribution in [1.29, 1.82) is 0 Å². The van der Waals surface area contributed by atoms with Crippen molar-refractivity contribution < 1.29 is 9.47 Å². The van der Waals surface area contributed by atoms with Crippen molar-refractivity contribution in [3.8, 4) is 0 Å². The van der Waals surface area contributed by atoms with Crippen molar-refractivity contribution in [1.82, 2.24) is 5.32 Å². The summed E-state index contributed by atoms with van der Waals surface area (Å²) >= 11 is 0. The van der Waals surface area contributed by atoms with Crippen LogP contribution >= 0.6 is 0 Å². The van der Waals surface area contributed by atoms with Gasteiger partial charge in [0.25, 0.3) is 0 Å². The van der Waals surface area contributed by atoms with Gasteiger partial charge in [-0.1, -0.05) is 49.6 Å². The molecule has 3 nitrogen and oxygen atoms in total. The van der Waals surface area contributed by atoms with Crippen LogP contribution in [0.1, 0.15) is 50.1 Å². The Kier molecular flexibility index (Phi) is 7.79. The molecule has 1 atom stereocenters. The van der Waals surface area contributed by atoms with Gasteiger partial charge in [-0.3, -0.25) is 0 Å². The molecule has 21 heavy (non-hydrogen) atoms. The van der Waals surface area contributed by atoms with Gasteiger partial charge in [-0.25, -0.2) is 0 Å². The molecular weight excluding hydrogens is 262 g/mol. The second-order valence-corrected chi connectivity index (χ2v) is 5.86. The van der Waals surface area contributed by atoms with E-state index in [0.717, 1.165) is 19.6 Å². The summed E-state index contributed by atoms with van der Waals surface area (Å²) in [7, 11) is 1.75. The molecule has 0 spiro atoms. The van der Waals surface area contributed by atoms with Crippen LogP contribution in [0.2, 0.25) is 0 Å². The van der Waals surface area contributed by atoms with E-state index in [0.29, 0.717) is 12.7 Å².